The molecular formula is C10H15N3. The predicted molar refractivity (Wildman–Crippen MR) is 54.8 cm³/mol. The standard InChI is InChI=1S/C10H15N3/c1-8-4-5-9(11)10(12-8)13-6-2-3-7-13/h4-5H,2-3,6-7,11H2,1H3. The maximum absolute atomic E-state index is 5.87. The molecular weight excluding hydrogens is 162 g/mol. The van der Waals surface area contributed by atoms with Crippen LogP contribution in [0.25, 0.3) is 0 Å². The molecule has 0 saturated carbocycles. The highest BCUT2D eigenvalue weighted by molar-refractivity contribution is 5.63. The zero-order valence-electron chi connectivity index (χ0n) is 7.95. The molecule has 70 valence electrons. The third-order valence-corrected chi connectivity index (χ3v) is 2.45. The molecule has 1 fully saturated rings. The van der Waals surface area contributed by atoms with Crippen LogP contribution >= 0.6 is 0 Å². The van der Waals surface area contributed by atoms with E-state index in [0.29, 0.717) is 0 Å². The number of aryl methyl sites for hydroxylation is 1. The van der Waals surface area contributed by atoms with E-state index in [1.54, 1.807) is 0 Å². The first-order valence-electron chi connectivity index (χ1n) is 4.75. The number of nitrogen functional groups attached to an aromatic ring is 1. The van der Waals surface area contributed by atoms with E-state index in [9.17, 15) is 0 Å². The Morgan fingerprint density at radius 1 is 1.31 bits per heavy atom. The summed E-state index contributed by atoms with van der Waals surface area (Å²) in [4.78, 5) is 6.72. The first-order valence-corrected chi connectivity index (χ1v) is 4.75. The molecule has 13 heavy (non-hydrogen) atoms. The quantitative estimate of drug-likeness (QED) is 0.708. The summed E-state index contributed by atoms with van der Waals surface area (Å²) in [6.07, 6.45) is 2.52. The first-order chi connectivity index (χ1) is 6.27. The Bertz CT molecular complexity index is 303. The predicted octanol–water partition coefficient (Wildman–Crippen LogP) is 1.57. The molecule has 0 aliphatic carbocycles. The highest BCUT2D eigenvalue weighted by atomic mass is 15.2. The van der Waals surface area contributed by atoms with E-state index in [1.165, 1.54) is 12.8 Å². The number of aromatic nitrogens is 1. The van der Waals surface area contributed by atoms with Gasteiger partial charge < -0.3 is 10.6 Å². The highest BCUT2D eigenvalue weighted by Crippen LogP contribution is 2.24. The zero-order valence-corrected chi connectivity index (χ0v) is 7.95. The molecule has 0 aromatic carbocycles. The van der Waals surface area contributed by atoms with Crippen molar-refractivity contribution in [2.75, 3.05) is 23.7 Å². The van der Waals surface area contributed by atoms with Crippen LogP contribution in [0.5, 0.6) is 0 Å². The SMILES string of the molecule is Cc1ccc(N)c(N2CCCC2)n1. The summed E-state index contributed by atoms with van der Waals surface area (Å²) >= 11 is 0. The monoisotopic (exact) mass is 177 g/mol. The van der Waals surface area contributed by atoms with Gasteiger partial charge in [0.25, 0.3) is 0 Å². The summed E-state index contributed by atoms with van der Waals surface area (Å²) in [7, 11) is 0. The molecule has 3 heteroatoms. The molecule has 0 spiro atoms. The van der Waals surface area contributed by atoms with Crippen molar-refractivity contribution in [3.8, 4) is 0 Å². The Hall–Kier alpha value is -1.25. The van der Waals surface area contributed by atoms with Gasteiger partial charge >= 0.3 is 0 Å². The van der Waals surface area contributed by atoms with Crippen LogP contribution in [0.2, 0.25) is 0 Å². The Morgan fingerprint density at radius 2 is 2.00 bits per heavy atom. The van der Waals surface area contributed by atoms with Gasteiger partial charge in [-0.05, 0) is 31.9 Å². The average Bonchev–Trinajstić information content (AvgIpc) is 2.61. The van der Waals surface area contributed by atoms with E-state index in [4.69, 9.17) is 5.73 Å². The van der Waals surface area contributed by atoms with E-state index in [0.717, 1.165) is 30.3 Å². The number of hydrogen-bond donors (Lipinski definition) is 1. The van der Waals surface area contributed by atoms with Crippen LogP contribution in [-0.2, 0) is 0 Å². The molecule has 2 N–H and O–H groups in total. The fraction of sp³-hybridized carbons (Fsp3) is 0.500. The Labute approximate surface area is 78.6 Å². The van der Waals surface area contributed by atoms with Crippen molar-refractivity contribution < 1.29 is 0 Å². The summed E-state index contributed by atoms with van der Waals surface area (Å²) in [5, 5.41) is 0. The van der Waals surface area contributed by atoms with Crippen LogP contribution in [0, 0.1) is 6.92 Å². The third-order valence-electron chi connectivity index (χ3n) is 2.45. The summed E-state index contributed by atoms with van der Waals surface area (Å²) in [6.45, 7) is 4.19. The van der Waals surface area contributed by atoms with Gasteiger partial charge in [0.2, 0.25) is 0 Å². The van der Waals surface area contributed by atoms with E-state index < -0.39 is 0 Å². The van der Waals surface area contributed by atoms with Crippen molar-refractivity contribution in [3.63, 3.8) is 0 Å². The largest absolute Gasteiger partial charge is 0.396 e. The Kier molecular flexibility index (Phi) is 2.08. The maximum Gasteiger partial charge on any atom is 0.152 e. The van der Waals surface area contributed by atoms with Crippen LogP contribution in [0.15, 0.2) is 12.1 Å². The number of rotatable bonds is 1. The van der Waals surface area contributed by atoms with E-state index in [2.05, 4.69) is 9.88 Å². The van der Waals surface area contributed by atoms with Crippen LogP contribution in [0.1, 0.15) is 18.5 Å². The van der Waals surface area contributed by atoms with Gasteiger partial charge in [-0.25, -0.2) is 4.98 Å². The van der Waals surface area contributed by atoms with Crippen LogP contribution < -0.4 is 10.6 Å². The lowest BCUT2D eigenvalue weighted by Gasteiger charge is -2.18. The highest BCUT2D eigenvalue weighted by Gasteiger charge is 2.15. The second-order valence-electron chi connectivity index (χ2n) is 3.56. The lowest BCUT2D eigenvalue weighted by atomic mass is 10.3. The molecule has 2 rings (SSSR count). The summed E-state index contributed by atoms with van der Waals surface area (Å²) in [5.41, 5.74) is 7.70. The molecule has 1 saturated heterocycles. The molecule has 1 aromatic rings. The molecule has 0 bridgehead atoms. The number of nitrogens with two attached hydrogens (primary N) is 1. The summed E-state index contributed by atoms with van der Waals surface area (Å²) < 4.78 is 0. The molecule has 0 atom stereocenters. The van der Waals surface area contributed by atoms with E-state index in [1.807, 2.05) is 19.1 Å². The van der Waals surface area contributed by atoms with Crippen LogP contribution in [0.3, 0.4) is 0 Å². The minimum atomic E-state index is 0.799. The Morgan fingerprint density at radius 3 is 2.69 bits per heavy atom. The summed E-state index contributed by atoms with van der Waals surface area (Å²) in [6, 6.07) is 3.89. The fourth-order valence-electron chi connectivity index (χ4n) is 1.74. The topological polar surface area (TPSA) is 42.1 Å². The van der Waals surface area contributed by atoms with E-state index in [-0.39, 0.29) is 0 Å². The molecule has 1 aromatic heterocycles. The molecule has 0 radical (unpaired) electrons. The van der Waals surface area contributed by atoms with Crippen molar-refractivity contribution in [1.29, 1.82) is 0 Å². The second kappa shape index (κ2) is 3.24. The van der Waals surface area contributed by atoms with Gasteiger partial charge in [-0.15, -0.1) is 0 Å². The minimum Gasteiger partial charge on any atom is -0.396 e. The molecule has 3 nitrogen and oxygen atoms in total. The minimum absolute atomic E-state index is 0.799. The number of hydrogen-bond acceptors (Lipinski definition) is 3. The number of nitrogens with zero attached hydrogens (tertiary/aromatic N) is 2. The molecule has 0 amide bonds. The van der Waals surface area contributed by atoms with Crippen molar-refractivity contribution in [3.05, 3.63) is 17.8 Å². The van der Waals surface area contributed by atoms with Gasteiger partial charge in [0.1, 0.15) is 0 Å². The van der Waals surface area contributed by atoms with Gasteiger partial charge in [0.05, 0.1) is 5.69 Å². The van der Waals surface area contributed by atoms with Crippen molar-refractivity contribution in [1.82, 2.24) is 4.98 Å². The maximum atomic E-state index is 5.87. The smallest absolute Gasteiger partial charge is 0.152 e. The van der Waals surface area contributed by atoms with Crippen LogP contribution in [0.4, 0.5) is 11.5 Å². The molecule has 2 heterocycles. The van der Waals surface area contributed by atoms with Crippen LogP contribution in [-0.4, -0.2) is 18.1 Å². The van der Waals surface area contributed by atoms with Gasteiger partial charge in [0, 0.05) is 18.8 Å². The molecule has 0 unspecified atom stereocenters. The Balaban J connectivity index is 2.32. The van der Waals surface area contributed by atoms with Gasteiger partial charge in [-0.1, -0.05) is 0 Å². The van der Waals surface area contributed by atoms with Crippen molar-refractivity contribution in [2.45, 2.75) is 19.8 Å². The molecule has 1 aliphatic rings. The molecule has 1 aliphatic heterocycles. The van der Waals surface area contributed by atoms with Crippen molar-refractivity contribution in [2.24, 2.45) is 0 Å². The second-order valence-corrected chi connectivity index (χ2v) is 3.56. The number of anilines is 2. The average molecular weight is 177 g/mol. The summed E-state index contributed by atoms with van der Waals surface area (Å²) in [5.74, 6) is 0.970. The first kappa shape index (κ1) is 8.35. The zero-order chi connectivity index (χ0) is 9.26. The van der Waals surface area contributed by atoms with E-state index >= 15 is 0 Å². The van der Waals surface area contributed by atoms with Crippen molar-refractivity contribution >= 4 is 11.5 Å². The lowest BCUT2D eigenvalue weighted by molar-refractivity contribution is 0.932. The van der Waals surface area contributed by atoms with Gasteiger partial charge in [0.15, 0.2) is 5.82 Å². The van der Waals surface area contributed by atoms with Gasteiger partial charge in [-0.2, -0.15) is 0 Å². The normalized spacial score (nSPS) is 16.5. The fourth-order valence-corrected chi connectivity index (χ4v) is 1.74. The third kappa shape index (κ3) is 1.59. The number of pyridine rings is 1. The lowest BCUT2D eigenvalue weighted by Crippen LogP contribution is -2.20. The van der Waals surface area contributed by atoms with Gasteiger partial charge in [-0.3, -0.25) is 0 Å².